The van der Waals surface area contributed by atoms with Crippen LogP contribution in [0.15, 0.2) is 35.8 Å². The summed E-state index contributed by atoms with van der Waals surface area (Å²) >= 11 is 1.55. The summed E-state index contributed by atoms with van der Waals surface area (Å²) < 4.78 is 23.2. The van der Waals surface area contributed by atoms with Crippen LogP contribution in [-0.2, 0) is 42.6 Å². The van der Waals surface area contributed by atoms with Crippen molar-refractivity contribution in [2.45, 2.75) is 66.0 Å². The standard InChI is InChI=1S/2C9H15O2Si.C3H6.2ClH.Zr/c2*1-12(2,3)11-8-10-9-6-4-5-7-9;1-3-2;;;/h2*4,6H,5,8H2,1-3H3;1-2H3;2*1H;/q2*-1;;;;+2. The normalized spacial score (nSPS) is 14.1. The van der Waals surface area contributed by atoms with Gasteiger partial charge in [-0.2, -0.15) is 24.3 Å². The summed E-state index contributed by atoms with van der Waals surface area (Å²) in [7, 11) is -2.84. The second-order valence-electron chi connectivity index (χ2n) is 8.33. The fraction of sp³-hybridized carbons (Fsp3) is 0.571. The van der Waals surface area contributed by atoms with Crippen LogP contribution in [0.5, 0.6) is 0 Å². The molecule has 2 aliphatic rings. The molecule has 0 aromatic heterocycles. The van der Waals surface area contributed by atoms with Gasteiger partial charge in [-0.05, 0) is 50.8 Å². The molecule has 0 radical (unpaired) electrons. The van der Waals surface area contributed by atoms with Crippen LogP contribution in [0.4, 0.5) is 0 Å². The van der Waals surface area contributed by atoms with Gasteiger partial charge in [0.05, 0.1) is 0 Å². The summed E-state index contributed by atoms with van der Waals surface area (Å²) in [5, 5.41) is 0. The van der Waals surface area contributed by atoms with Gasteiger partial charge >= 0.3 is 41.3 Å². The van der Waals surface area contributed by atoms with Crippen molar-refractivity contribution in [3.63, 3.8) is 0 Å². The van der Waals surface area contributed by atoms with Crippen LogP contribution in [0.1, 0.15) is 26.7 Å². The first kappa shape index (κ1) is 34.9. The van der Waals surface area contributed by atoms with Crippen molar-refractivity contribution in [3.05, 3.63) is 48.0 Å². The van der Waals surface area contributed by atoms with Gasteiger partial charge in [-0.25, -0.2) is 12.2 Å². The van der Waals surface area contributed by atoms with Gasteiger partial charge in [-0.1, -0.05) is 0 Å². The molecule has 0 heterocycles. The monoisotopic (exact) mass is 570 g/mol. The first-order valence-electron chi connectivity index (χ1n) is 9.49. The van der Waals surface area contributed by atoms with Gasteiger partial charge in [0.2, 0.25) is 0 Å². The van der Waals surface area contributed by atoms with E-state index < -0.39 is 16.6 Å². The number of allylic oxidation sites excluding steroid dienone is 6. The molecule has 4 nitrogen and oxygen atoms in total. The van der Waals surface area contributed by atoms with Gasteiger partial charge in [0.1, 0.15) is 0 Å². The van der Waals surface area contributed by atoms with Gasteiger partial charge in [-0.3, -0.25) is 0 Å². The van der Waals surface area contributed by atoms with Crippen LogP contribution < -0.4 is 0 Å². The fourth-order valence-electron chi connectivity index (χ4n) is 1.51. The summed E-state index contributed by atoms with van der Waals surface area (Å²) in [4.78, 5) is 0. The van der Waals surface area contributed by atoms with Crippen LogP contribution in [0.2, 0.25) is 39.3 Å². The molecule has 172 valence electrons. The van der Waals surface area contributed by atoms with Crippen molar-refractivity contribution < 1.29 is 42.6 Å². The van der Waals surface area contributed by atoms with Crippen LogP contribution in [0.3, 0.4) is 0 Å². The van der Waals surface area contributed by atoms with E-state index in [1.807, 2.05) is 24.3 Å². The molecule has 0 fully saturated rings. The van der Waals surface area contributed by atoms with E-state index in [1.54, 1.807) is 24.2 Å². The molecule has 0 saturated heterocycles. The largest absolute Gasteiger partial charge is 0.507 e. The van der Waals surface area contributed by atoms with E-state index in [-0.39, 0.29) is 24.8 Å². The Bertz CT molecular complexity index is 543. The van der Waals surface area contributed by atoms with E-state index in [0.717, 1.165) is 24.4 Å². The van der Waals surface area contributed by atoms with Crippen LogP contribution >= 0.6 is 24.8 Å². The predicted octanol–water partition coefficient (Wildman–Crippen LogP) is 6.51. The molecule has 0 spiro atoms. The minimum absolute atomic E-state index is 0. The predicted molar refractivity (Wildman–Crippen MR) is 133 cm³/mol. The van der Waals surface area contributed by atoms with Gasteiger partial charge in [-0.15, -0.1) is 37.7 Å². The first-order valence-corrected chi connectivity index (χ1v) is 17.5. The number of hydrogen-bond donors (Lipinski definition) is 0. The van der Waals surface area contributed by atoms with Crippen molar-refractivity contribution in [2.75, 3.05) is 13.6 Å². The van der Waals surface area contributed by atoms with Crippen LogP contribution in [-0.4, -0.2) is 33.4 Å². The zero-order valence-electron chi connectivity index (χ0n) is 19.6. The summed E-state index contributed by atoms with van der Waals surface area (Å²) in [6.07, 6.45) is 15.7. The molecule has 2 aliphatic carbocycles. The molecule has 0 aliphatic heterocycles. The Balaban J connectivity index is -0.000000391. The summed E-state index contributed by atoms with van der Waals surface area (Å²) in [5.41, 5.74) is 0. The molecule has 0 unspecified atom stereocenters. The third-order valence-electron chi connectivity index (χ3n) is 2.74. The molecule has 0 aromatic carbocycles. The zero-order chi connectivity index (χ0) is 21.6. The second-order valence-corrected chi connectivity index (χ2v) is 19.8. The Morgan fingerprint density at radius 3 is 1.30 bits per heavy atom. The summed E-state index contributed by atoms with van der Waals surface area (Å²) in [6.45, 7) is 17.8. The van der Waals surface area contributed by atoms with Crippen molar-refractivity contribution >= 4 is 44.7 Å². The Labute approximate surface area is 213 Å². The number of hydrogen-bond acceptors (Lipinski definition) is 4. The second kappa shape index (κ2) is 18.8. The molecule has 0 atom stereocenters. The minimum Gasteiger partial charge on any atom is -0.507 e. The molecule has 30 heavy (non-hydrogen) atoms. The van der Waals surface area contributed by atoms with E-state index in [0.29, 0.717) is 13.6 Å². The van der Waals surface area contributed by atoms with E-state index in [2.05, 4.69) is 65.3 Å². The Morgan fingerprint density at radius 2 is 1.10 bits per heavy atom. The average Bonchev–Trinajstić information content (AvgIpc) is 3.18. The molecular weight excluding hydrogens is 535 g/mol. The topological polar surface area (TPSA) is 36.9 Å². The van der Waals surface area contributed by atoms with Gasteiger partial charge in [0.15, 0.2) is 30.2 Å². The molecule has 0 amide bonds. The van der Waals surface area contributed by atoms with E-state index >= 15 is 0 Å². The number of halogens is 2. The Hall–Kier alpha value is 0.247. The average molecular weight is 573 g/mol. The van der Waals surface area contributed by atoms with Crippen molar-refractivity contribution in [1.82, 2.24) is 0 Å². The maximum atomic E-state index is 5.51. The summed E-state index contributed by atoms with van der Waals surface area (Å²) in [5.74, 6) is 1.63. The third kappa shape index (κ3) is 26.3. The maximum Gasteiger partial charge on any atom is 0.188 e. The van der Waals surface area contributed by atoms with E-state index in [1.165, 1.54) is 3.21 Å². The van der Waals surface area contributed by atoms with Gasteiger partial charge < -0.3 is 18.3 Å². The molecule has 9 heteroatoms. The Morgan fingerprint density at radius 1 is 0.800 bits per heavy atom. The van der Waals surface area contributed by atoms with Crippen molar-refractivity contribution in [2.24, 2.45) is 0 Å². The van der Waals surface area contributed by atoms with E-state index in [9.17, 15) is 0 Å². The fourth-order valence-corrected chi connectivity index (χ4v) is 2.33. The minimum atomic E-state index is -1.42. The molecule has 0 saturated carbocycles. The quantitative estimate of drug-likeness (QED) is 0.189. The van der Waals surface area contributed by atoms with E-state index in [4.69, 9.17) is 18.3 Å². The molecule has 2 rings (SSSR count). The summed E-state index contributed by atoms with van der Waals surface area (Å²) in [6, 6.07) is 0. The van der Waals surface area contributed by atoms with Gasteiger partial charge in [0, 0.05) is 0 Å². The molecule has 0 bridgehead atoms. The number of ether oxygens (including phenoxy) is 2. The number of rotatable bonds is 8. The molecule has 0 aromatic rings. The van der Waals surface area contributed by atoms with Crippen LogP contribution in [0, 0.1) is 12.2 Å². The zero-order valence-corrected chi connectivity index (χ0v) is 25.7. The smallest absolute Gasteiger partial charge is 0.188 e. The molecular formula is C21H38Cl2O4Si2Zr. The van der Waals surface area contributed by atoms with Gasteiger partial charge in [0.25, 0.3) is 0 Å². The first-order chi connectivity index (χ1) is 12.9. The SMILES string of the molecule is C[C](C)=[Zr+2].C[Si](C)(C)OCOC1=[C-]CC=C1.C[Si](C)(C)OCOC1=[C-]CC=C1.Cl.Cl. The van der Waals surface area contributed by atoms with Crippen LogP contribution in [0.25, 0.3) is 0 Å². The maximum absolute atomic E-state index is 5.51. The van der Waals surface area contributed by atoms with Crippen molar-refractivity contribution in [3.8, 4) is 0 Å². The third-order valence-corrected chi connectivity index (χ3v) is 4.71. The Kier molecular flexibility index (Phi) is 21.8. The molecule has 0 N–H and O–H groups in total. The van der Waals surface area contributed by atoms with Crippen molar-refractivity contribution in [1.29, 1.82) is 0 Å².